The summed E-state index contributed by atoms with van der Waals surface area (Å²) in [6.45, 7) is 7.23. The van der Waals surface area contributed by atoms with Crippen LogP contribution in [0.15, 0.2) is 30.5 Å². The third kappa shape index (κ3) is 2.19. The van der Waals surface area contributed by atoms with Crippen LogP contribution in [0, 0.1) is 0 Å². The summed E-state index contributed by atoms with van der Waals surface area (Å²) in [6, 6.07) is 8.11. The number of fused-ring (bicyclic) bond motifs is 3. The van der Waals surface area contributed by atoms with Crippen LogP contribution in [0.1, 0.15) is 26.5 Å². The van der Waals surface area contributed by atoms with Crippen LogP contribution in [0.25, 0.3) is 16.8 Å². The van der Waals surface area contributed by atoms with Gasteiger partial charge in [0.2, 0.25) is 5.78 Å². The number of benzene rings is 1. The molecule has 4 nitrogen and oxygen atoms in total. The topological polar surface area (TPSA) is 42.5 Å². The van der Waals surface area contributed by atoms with Gasteiger partial charge >= 0.3 is 0 Å². The molecule has 2 heterocycles. The Hall–Kier alpha value is -1.52. The number of hydrogen-bond acceptors (Lipinski definition) is 2. The van der Waals surface area contributed by atoms with Crippen molar-refractivity contribution in [2.75, 3.05) is 6.61 Å². The van der Waals surface area contributed by atoms with Gasteiger partial charge in [0.1, 0.15) is 0 Å². The molecule has 5 heteroatoms. The number of nitrogens with zero attached hydrogens (tertiary/aromatic N) is 3. The highest BCUT2D eigenvalue weighted by Crippen LogP contribution is 2.27. The summed E-state index contributed by atoms with van der Waals surface area (Å²) in [5, 5.41) is 9.30. The van der Waals surface area contributed by atoms with Crippen LogP contribution < -0.4 is 0 Å². The Morgan fingerprint density at radius 2 is 1.90 bits per heavy atom. The highest BCUT2D eigenvalue weighted by Gasteiger charge is 2.22. The van der Waals surface area contributed by atoms with Crippen LogP contribution in [0.5, 0.6) is 0 Å². The maximum absolute atomic E-state index is 9.30. The minimum Gasteiger partial charge on any atom is -0.395 e. The average molecular weight is 294 g/mol. The lowest BCUT2D eigenvalue weighted by Crippen LogP contribution is -2.18. The Morgan fingerprint density at radius 1 is 1.20 bits per heavy atom. The van der Waals surface area contributed by atoms with Gasteiger partial charge in [0.15, 0.2) is 0 Å². The summed E-state index contributed by atoms with van der Waals surface area (Å²) in [5.74, 6) is 0.903. The molecule has 0 aliphatic heterocycles. The van der Waals surface area contributed by atoms with Crippen molar-refractivity contribution in [3.05, 3.63) is 36.2 Å². The molecule has 20 heavy (non-hydrogen) atoms. The van der Waals surface area contributed by atoms with Gasteiger partial charge in [0.25, 0.3) is 0 Å². The molecule has 0 radical (unpaired) electrons. The van der Waals surface area contributed by atoms with Crippen molar-refractivity contribution >= 4 is 29.2 Å². The second-order valence-corrected chi connectivity index (χ2v) is 5.91. The minimum atomic E-state index is 0. The third-order valence-corrected chi connectivity index (χ3v) is 3.45. The quantitative estimate of drug-likeness (QED) is 0.789. The second-order valence-electron chi connectivity index (χ2n) is 5.91. The van der Waals surface area contributed by atoms with Crippen molar-refractivity contribution in [1.82, 2.24) is 14.0 Å². The molecule has 2 aromatic heterocycles. The minimum absolute atomic E-state index is 0. The molecule has 1 N–H and O–H groups in total. The number of halogens is 1. The largest absolute Gasteiger partial charge is 0.395 e. The Balaban J connectivity index is 0.00000147. The van der Waals surface area contributed by atoms with E-state index in [1.807, 2.05) is 18.2 Å². The molecule has 3 aromatic rings. The number of hydrogen-bond donors (Lipinski definition) is 1. The Labute approximate surface area is 124 Å². The lowest BCUT2D eigenvalue weighted by atomic mass is 9.92. The van der Waals surface area contributed by atoms with Crippen molar-refractivity contribution in [1.29, 1.82) is 0 Å². The summed E-state index contributed by atoms with van der Waals surface area (Å²) in [4.78, 5) is 4.68. The smallest absolute Gasteiger partial charge is 0.215 e. The number of aliphatic hydroxyl groups excluding tert-OH is 1. The zero-order valence-corrected chi connectivity index (χ0v) is 12.8. The zero-order chi connectivity index (χ0) is 13.6. The van der Waals surface area contributed by atoms with Crippen molar-refractivity contribution in [3.8, 4) is 0 Å². The van der Waals surface area contributed by atoms with Gasteiger partial charge in [-0.1, -0.05) is 32.9 Å². The molecule has 3 rings (SSSR count). The number of aromatic nitrogens is 3. The highest BCUT2D eigenvalue weighted by molar-refractivity contribution is 5.85. The average Bonchev–Trinajstić information content (AvgIpc) is 2.86. The molecule has 0 aliphatic rings. The van der Waals surface area contributed by atoms with E-state index >= 15 is 0 Å². The SMILES string of the molecule is CC(C)(C)c1cn2c3ccccc3nc2n1CCO.Cl. The van der Waals surface area contributed by atoms with Gasteiger partial charge < -0.3 is 9.67 Å². The van der Waals surface area contributed by atoms with Crippen molar-refractivity contribution in [2.24, 2.45) is 0 Å². The lowest BCUT2D eigenvalue weighted by Gasteiger charge is -2.20. The predicted molar refractivity (Wildman–Crippen MR) is 83.7 cm³/mol. The maximum Gasteiger partial charge on any atom is 0.215 e. The molecule has 108 valence electrons. The van der Waals surface area contributed by atoms with Crippen LogP contribution in [0.2, 0.25) is 0 Å². The van der Waals surface area contributed by atoms with Gasteiger partial charge in [-0.3, -0.25) is 4.40 Å². The molecular formula is C15H20ClN3O. The highest BCUT2D eigenvalue weighted by atomic mass is 35.5. The lowest BCUT2D eigenvalue weighted by molar-refractivity contribution is 0.273. The molecule has 0 bridgehead atoms. The van der Waals surface area contributed by atoms with Gasteiger partial charge in [0.05, 0.1) is 17.6 Å². The fourth-order valence-electron chi connectivity index (χ4n) is 2.57. The number of para-hydroxylation sites is 2. The second kappa shape index (κ2) is 5.11. The summed E-state index contributed by atoms with van der Waals surface area (Å²) in [5.41, 5.74) is 3.32. The maximum atomic E-state index is 9.30. The van der Waals surface area contributed by atoms with Crippen molar-refractivity contribution in [2.45, 2.75) is 32.7 Å². The van der Waals surface area contributed by atoms with Crippen LogP contribution >= 0.6 is 12.4 Å². The van der Waals surface area contributed by atoms with Gasteiger partial charge in [-0.2, -0.15) is 0 Å². The summed E-state index contributed by atoms with van der Waals surface area (Å²) < 4.78 is 4.23. The molecule has 0 saturated heterocycles. The number of aliphatic hydroxyl groups is 1. The Bertz CT molecular complexity index is 737. The first kappa shape index (κ1) is 14.9. The van der Waals surface area contributed by atoms with Crippen LogP contribution in [0.4, 0.5) is 0 Å². The fraction of sp³-hybridized carbons (Fsp3) is 0.400. The van der Waals surface area contributed by atoms with E-state index in [9.17, 15) is 5.11 Å². The molecule has 0 fully saturated rings. The Morgan fingerprint density at radius 3 is 2.55 bits per heavy atom. The van der Waals surface area contributed by atoms with E-state index in [4.69, 9.17) is 0 Å². The third-order valence-electron chi connectivity index (χ3n) is 3.45. The fourth-order valence-corrected chi connectivity index (χ4v) is 2.57. The Kier molecular flexibility index (Phi) is 3.80. The van der Waals surface area contributed by atoms with Crippen LogP contribution in [-0.4, -0.2) is 25.7 Å². The summed E-state index contributed by atoms with van der Waals surface area (Å²) >= 11 is 0. The summed E-state index contributed by atoms with van der Waals surface area (Å²) in [7, 11) is 0. The van der Waals surface area contributed by atoms with E-state index in [2.05, 4.69) is 47.0 Å². The number of imidazole rings is 2. The monoisotopic (exact) mass is 293 g/mol. The van der Waals surface area contributed by atoms with E-state index in [0.29, 0.717) is 6.54 Å². The van der Waals surface area contributed by atoms with E-state index in [1.54, 1.807) is 0 Å². The summed E-state index contributed by atoms with van der Waals surface area (Å²) in [6.07, 6.45) is 2.14. The first-order valence-corrected chi connectivity index (χ1v) is 6.60. The van der Waals surface area contributed by atoms with Crippen molar-refractivity contribution in [3.63, 3.8) is 0 Å². The standard InChI is InChI=1S/C15H19N3O.ClH/c1-15(2,3)13-10-18-12-7-5-4-6-11(12)16-14(18)17(13)8-9-19;/h4-7,10,19H,8-9H2,1-3H3;1H. The molecule has 1 aromatic carbocycles. The molecule has 0 spiro atoms. The van der Waals surface area contributed by atoms with E-state index in [1.165, 1.54) is 5.69 Å². The normalized spacial score (nSPS) is 12.0. The zero-order valence-electron chi connectivity index (χ0n) is 12.0. The molecular weight excluding hydrogens is 274 g/mol. The van der Waals surface area contributed by atoms with Gasteiger partial charge in [-0.05, 0) is 12.1 Å². The molecule has 0 saturated carbocycles. The molecule has 0 amide bonds. The predicted octanol–water partition coefficient (Wildman–Crippen LogP) is 3.00. The van der Waals surface area contributed by atoms with Crippen LogP contribution in [0.3, 0.4) is 0 Å². The molecule has 0 unspecified atom stereocenters. The van der Waals surface area contributed by atoms with Crippen molar-refractivity contribution < 1.29 is 5.11 Å². The first-order valence-electron chi connectivity index (χ1n) is 6.60. The van der Waals surface area contributed by atoms with E-state index in [-0.39, 0.29) is 24.4 Å². The van der Waals surface area contributed by atoms with Gasteiger partial charge in [-0.15, -0.1) is 12.4 Å². The van der Waals surface area contributed by atoms with Gasteiger partial charge in [-0.25, -0.2) is 4.98 Å². The van der Waals surface area contributed by atoms with E-state index in [0.717, 1.165) is 16.8 Å². The van der Waals surface area contributed by atoms with Crippen LogP contribution in [-0.2, 0) is 12.0 Å². The molecule has 0 aliphatic carbocycles. The van der Waals surface area contributed by atoms with E-state index < -0.39 is 0 Å². The molecule has 0 atom stereocenters. The van der Waals surface area contributed by atoms with Gasteiger partial charge in [0, 0.05) is 23.9 Å². The first-order chi connectivity index (χ1) is 9.02. The number of rotatable bonds is 2.